The SMILES string of the molecule is CC(Br)[CH]CCCBr. The molecule has 0 amide bonds. The van der Waals surface area contributed by atoms with Crippen LogP contribution in [0.25, 0.3) is 0 Å². The Balaban J connectivity index is 2.72. The van der Waals surface area contributed by atoms with Crippen LogP contribution in [0.2, 0.25) is 0 Å². The van der Waals surface area contributed by atoms with E-state index in [0.717, 1.165) is 5.33 Å². The van der Waals surface area contributed by atoms with Crippen LogP contribution in [-0.4, -0.2) is 10.2 Å². The van der Waals surface area contributed by atoms with Crippen molar-refractivity contribution in [3.8, 4) is 0 Å². The summed E-state index contributed by atoms with van der Waals surface area (Å²) in [6.45, 7) is 2.13. The molecule has 1 radical (unpaired) electrons. The molecule has 0 aromatic heterocycles. The zero-order valence-electron chi connectivity index (χ0n) is 5.03. The van der Waals surface area contributed by atoms with Crippen molar-refractivity contribution in [3.63, 3.8) is 0 Å². The van der Waals surface area contributed by atoms with Crippen LogP contribution in [-0.2, 0) is 0 Å². The Morgan fingerprint density at radius 1 is 1.62 bits per heavy atom. The van der Waals surface area contributed by atoms with E-state index in [0.29, 0.717) is 4.83 Å². The van der Waals surface area contributed by atoms with Gasteiger partial charge in [0.05, 0.1) is 0 Å². The van der Waals surface area contributed by atoms with E-state index in [2.05, 4.69) is 45.2 Å². The first-order chi connectivity index (χ1) is 3.77. The van der Waals surface area contributed by atoms with E-state index in [4.69, 9.17) is 0 Å². The Morgan fingerprint density at radius 2 is 2.25 bits per heavy atom. The van der Waals surface area contributed by atoms with Gasteiger partial charge in [-0.2, -0.15) is 0 Å². The predicted molar refractivity (Wildman–Crippen MR) is 45.7 cm³/mol. The molecule has 0 saturated carbocycles. The van der Waals surface area contributed by atoms with Gasteiger partial charge in [0, 0.05) is 10.2 Å². The van der Waals surface area contributed by atoms with Crippen molar-refractivity contribution >= 4 is 31.9 Å². The first kappa shape index (κ1) is 8.96. The van der Waals surface area contributed by atoms with Gasteiger partial charge < -0.3 is 0 Å². The molecule has 49 valence electrons. The summed E-state index contributed by atoms with van der Waals surface area (Å²) < 4.78 is 0. The average molecular weight is 243 g/mol. The largest absolute Gasteiger partial charge is 0.0928 e. The molecular formula is C6H11Br2. The fourth-order valence-electron chi connectivity index (χ4n) is 0.425. The van der Waals surface area contributed by atoms with E-state index >= 15 is 0 Å². The lowest BCUT2D eigenvalue weighted by Gasteiger charge is -1.98. The summed E-state index contributed by atoms with van der Waals surface area (Å²) in [6, 6.07) is 0. The predicted octanol–water partition coefficient (Wildman–Crippen LogP) is 3.15. The van der Waals surface area contributed by atoms with Gasteiger partial charge in [0.25, 0.3) is 0 Å². The van der Waals surface area contributed by atoms with Crippen LogP contribution in [0.1, 0.15) is 19.8 Å². The first-order valence-corrected chi connectivity index (χ1v) is 4.84. The van der Waals surface area contributed by atoms with E-state index in [1.807, 2.05) is 0 Å². The molecule has 2 heteroatoms. The molecule has 0 aromatic rings. The Bertz CT molecular complexity index is 43.8. The van der Waals surface area contributed by atoms with Crippen molar-refractivity contribution in [1.82, 2.24) is 0 Å². The van der Waals surface area contributed by atoms with Crippen molar-refractivity contribution < 1.29 is 0 Å². The molecule has 0 heterocycles. The lowest BCUT2D eigenvalue weighted by molar-refractivity contribution is 0.877. The smallest absolute Gasteiger partial charge is 0.0148 e. The second kappa shape index (κ2) is 6.09. The molecule has 8 heavy (non-hydrogen) atoms. The maximum atomic E-state index is 3.43. The average Bonchev–Trinajstić information content (AvgIpc) is 1.66. The summed E-state index contributed by atoms with van der Waals surface area (Å²) in [5.74, 6) is 0. The third-order valence-corrected chi connectivity index (χ3v) is 1.76. The van der Waals surface area contributed by atoms with Crippen molar-refractivity contribution in [2.75, 3.05) is 5.33 Å². The van der Waals surface area contributed by atoms with Gasteiger partial charge in [0.2, 0.25) is 0 Å². The zero-order chi connectivity index (χ0) is 6.41. The summed E-state index contributed by atoms with van der Waals surface area (Å²) >= 11 is 6.80. The van der Waals surface area contributed by atoms with Gasteiger partial charge in [-0.25, -0.2) is 0 Å². The molecule has 0 saturated heterocycles. The van der Waals surface area contributed by atoms with Crippen LogP contribution in [0, 0.1) is 6.42 Å². The van der Waals surface area contributed by atoms with Crippen LogP contribution in [0.5, 0.6) is 0 Å². The van der Waals surface area contributed by atoms with Crippen LogP contribution in [0.15, 0.2) is 0 Å². The molecule has 0 nitrogen and oxygen atoms in total. The molecule has 0 aliphatic carbocycles. The number of unbranched alkanes of at least 4 members (excludes halogenated alkanes) is 1. The van der Waals surface area contributed by atoms with Gasteiger partial charge in [-0.1, -0.05) is 38.8 Å². The number of hydrogen-bond acceptors (Lipinski definition) is 0. The second-order valence-electron chi connectivity index (χ2n) is 1.74. The van der Waals surface area contributed by atoms with Crippen molar-refractivity contribution in [1.29, 1.82) is 0 Å². The van der Waals surface area contributed by atoms with E-state index in [9.17, 15) is 0 Å². The standard InChI is InChI=1S/C6H11Br2/c1-6(8)4-2-3-5-7/h4,6H,2-3,5H2,1H3. The summed E-state index contributed by atoms with van der Waals surface area (Å²) in [4.78, 5) is 0.571. The quantitative estimate of drug-likeness (QED) is 0.525. The summed E-state index contributed by atoms with van der Waals surface area (Å²) in [5, 5.41) is 1.11. The maximum absolute atomic E-state index is 3.43. The minimum atomic E-state index is 0.571. The molecule has 0 aromatic carbocycles. The molecule has 0 aliphatic heterocycles. The van der Waals surface area contributed by atoms with Gasteiger partial charge in [0.1, 0.15) is 0 Å². The molecular weight excluding hydrogens is 232 g/mol. The van der Waals surface area contributed by atoms with Crippen molar-refractivity contribution in [3.05, 3.63) is 6.42 Å². The lowest BCUT2D eigenvalue weighted by atomic mass is 10.2. The number of halogens is 2. The highest BCUT2D eigenvalue weighted by atomic mass is 79.9. The number of alkyl halides is 2. The summed E-state index contributed by atoms with van der Waals surface area (Å²) in [6.07, 6.45) is 4.72. The Labute approximate surface area is 68.3 Å². The second-order valence-corrected chi connectivity index (χ2v) is 3.98. The van der Waals surface area contributed by atoms with Crippen molar-refractivity contribution in [2.45, 2.75) is 24.6 Å². The van der Waals surface area contributed by atoms with Gasteiger partial charge in [-0.05, 0) is 19.3 Å². The third kappa shape index (κ3) is 6.96. The van der Waals surface area contributed by atoms with Crippen LogP contribution in [0.3, 0.4) is 0 Å². The number of rotatable bonds is 4. The van der Waals surface area contributed by atoms with Gasteiger partial charge in [-0.3, -0.25) is 0 Å². The highest BCUT2D eigenvalue weighted by molar-refractivity contribution is 9.09. The van der Waals surface area contributed by atoms with Gasteiger partial charge >= 0.3 is 0 Å². The fourth-order valence-corrected chi connectivity index (χ4v) is 1.01. The number of hydrogen-bond donors (Lipinski definition) is 0. The monoisotopic (exact) mass is 241 g/mol. The highest BCUT2D eigenvalue weighted by Crippen LogP contribution is 2.07. The fraction of sp³-hybridized carbons (Fsp3) is 0.833. The Morgan fingerprint density at radius 3 is 2.62 bits per heavy atom. The zero-order valence-corrected chi connectivity index (χ0v) is 8.20. The van der Waals surface area contributed by atoms with Gasteiger partial charge in [-0.15, -0.1) is 0 Å². The van der Waals surface area contributed by atoms with Crippen LogP contribution < -0.4 is 0 Å². The molecule has 0 N–H and O–H groups in total. The maximum Gasteiger partial charge on any atom is 0.0148 e. The van der Waals surface area contributed by atoms with E-state index in [-0.39, 0.29) is 0 Å². The van der Waals surface area contributed by atoms with Crippen LogP contribution >= 0.6 is 31.9 Å². The first-order valence-electron chi connectivity index (χ1n) is 2.80. The molecule has 1 atom stereocenters. The lowest BCUT2D eigenvalue weighted by Crippen LogP contribution is -1.90. The molecule has 1 unspecified atom stereocenters. The topological polar surface area (TPSA) is 0 Å². The van der Waals surface area contributed by atoms with Gasteiger partial charge in [0.15, 0.2) is 0 Å². The van der Waals surface area contributed by atoms with E-state index < -0.39 is 0 Å². The van der Waals surface area contributed by atoms with E-state index in [1.54, 1.807) is 0 Å². The highest BCUT2D eigenvalue weighted by Gasteiger charge is 1.93. The summed E-state index contributed by atoms with van der Waals surface area (Å²) in [5.41, 5.74) is 0. The minimum absolute atomic E-state index is 0.571. The Hall–Kier alpha value is 0.960. The molecule has 0 fully saturated rings. The summed E-state index contributed by atoms with van der Waals surface area (Å²) in [7, 11) is 0. The minimum Gasteiger partial charge on any atom is -0.0928 e. The third-order valence-electron chi connectivity index (χ3n) is 0.829. The Kier molecular flexibility index (Phi) is 6.82. The van der Waals surface area contributed by atoms with Crippen molar-refractivity contribution in [2.24, 2.45) is 0 Å². The molecule has 0 spiro atoms. The molecule has 0 bridgehead atoms. The normalized spacial score (nSPS) is 13.9. The molecule has 0 aliphatic rings. The molecule has 0 rings (SSSR count). The van der Waals surface area contributed by atoms with Crippen LogP contribution in [0.4, 0.5) is 0 Å². The van der Waals surface area contributed by atoms with E-state index in [1.165, 1.54) is 12.8 Å².